The van der Waals surface area contributed by atoms with Gasteiger partial charge in [0.05, 0.1) is 0 Å². The van der Waals surface area contributed by atoms with Crippen LogP contribution in [0.4, 0.5) is 0 Å². The van der Waals surface area contributed by atoms with Crippen molar-refractivity contribution < 1.29 is 5.11 Å². The van der Waals surface area contributed by atoms with Crippen molar-refractivity contribution in [3.63, 3.8) is 0 Å². The fourth-order valence-electron chi connectivity index (χ4n) is 2.63. The molecule has 0 unspecified atom stereocenters. The minimum Gasteiger partial charge on any atom is -0.508 e. The summed E-state index contributed by atoms with van der Waals surface area (Å²) in [6.45, 7) is 6.44. The lowest BCUT2D eigenvalue weighted by atomic mass is 10.1. The number of phenols is 1. The minimum absolute atomic E-state index is 0.102. The zero-order chi connectivity index (χ0) is 15.0. The van der Waals surface area contributed by atoms with Gasteiger partial charge in [0.15, 0.2) is 5.65 Å². The average Bonchev–Trinajstić information content (AvgIpc) is 2.76. The van der Waals surface area contributed by atoms with Crippen molar-refractivity contribution in [3.8, 4) is 5.75 Å². The maximum Gasteiger partial charge on any atom is 0.160 e. The van der Waals surface area contributed by atoms with E-state index >= 15 is 0 Å². The molecule has 2 heterocycles. The molecule has 0 fully saturated rings. The summed E-state index contributed by atoms with van der Waals surface area (Å²) in [7, 11) is 0. The van der Waals surface area contributed by atoms with E-state index in [-0.39, 0.29) is 11.3 Å². The predicted octanol–water partition coefficient (Wildman–Crippen LogP) is 3.48. The summed E-state index contributed by atoms with van der Waals surface area (Å²) in [4.78, 5) is 9.20. The SMILES string of the molecule is CC(C)(C)n1c(Cc2cccc(O)c2)nc2cccnc21. The van der Waals surface area contributed by atoms with Crippen LogP contribution in [0.1, 0.15) is 32.2 Å². The fraction of sp³-hybridized carbons (Fsp3) is 0.294. The number of aromatic hydroxyl groups is 1. The van der Waals surface area contributed by atoms with Crippen molar-refractivity contribution in [1.82, 2.24) is 14.5 Å². The Bertz CT molecular complexity index is 784. The number of imidazole rings is 1. The molecule has 0 amide bonds. The van der Waals surface area contributed by atoms with Crippen LogP contribution < -0.4 is 0 Å². The Morgan fingerprint density at radius 3 is 2.67 bits per heavy atom. The van der Waals surface area contributed by atoms with Gasteiger partial charge in [0, 0.05) is 18.2 Å². The van der Waals surface area contributed by atoms with Gasteiger partial charge in [-0.15, -0.1) is 0 Å². The number of aromatic nitrogens is 3. The predicted molar refractivity (Wildman–Crippen MR) is 83.4 cm³/mol. The lowest BCUT2D eigenvalue weighted by Gasteiger charge is -2.24. The summed E-state index contributed by atoms with van der Waals surface area (Å²) in [5, 5.41) is 9.62. The number of fused-ring (bicyclic) bond motifs is 1. The van der Waals surface area contributed by atoms with E-state index in [9.17, 15) is 5.11 Å². The Kier molecular flexibility index (Phi) is 3.16. The fourth-order valence-corrected chi connectivity index (χ4v) is 2.63. The van der Waals surface area contributed by atoms with E-state index < -0.39 is 0 Å². The highest BCUT2D eigenvalue weighted by Gasteiger charge is 2.22. The molecule has 0 aliphatic carbocycles. The smallest absolute Gasteiger partial charge is 0.160 e. The Balaban J connectivity index is 2.13. The van der Waals surface area contributed by atoms with Gasteiger partial charge < -0.3 is 9.67 Å². The van der Waals surface area contributed by atoms with Crippen LogP contribution in [0.15, 0.2) is 42.6 Å². The summed E-state index contributed by atoms with van der Waals surface area (Å²) >= 11 is 0. The van der Waals surface area contributed by atoms with Crippen LogP contribution in [-0.4, -0.2) is 19.6 Å². The van der Waals surface area contributed by atoms with E-state index in [4.69, 9.17) is 4.98 Å². The first kappa shape index (κ1) is 13.6. The molecule has 3 aromatic rings. The van der Waals surface area contributed by atoms with Gasteiger partial charge in [0.1, 0.15) is 17.1 Å². The molecule has 2 aromatic heterocycles. The van der Waals surface area contributed by atoms with Crippen molar-refractivity contribution in [2.75, 3.05) is 0 Å². The maximum atomic E-state index is 9.62. The summed E-state index contributed by atoms with van der Waals surface area (Å²) in [5.41, 5.74) is 2.74. The molecule has 4 nitrogen and oxygen atoms in total. The molecule has 0 bridgehead atoms. The van der Waals surface area contributed by atoms with Crippen molar-refractivity contribution in [2.45, 2.75) is 32.7 Å². The molecule has 0 atom stereocenters. The molecular weight excluding hydrogens is 262 g/mol. The van der Waals surface area contributed by atoms with E-state index in [0.717, 1.165) is 22.6 Å². The lowest BCUT2D eigenvalue weighted by Crippen LogP contribution is -2.24. The lowest BCUT2D eigenvalue weighted by molar-refractivity contribution is 0.394. The van der Waals surface area contributed by atoms with Crippen LogP contribution in [0.5, 0.6) is 5.75 Å². The molecular formula is C17H19N3O. The molecule has 0 spiro atoms. The van der Waals surface area contributed by atoms with E-state index in [1.165, 1.54) is 0 Å². The molecule has 21 heavy (non-hydrogen) atoms. The van der Waals surface area contributed by atoms with Gasteiger partial charge >= 0.3 is 0 Å². The normalized spacial score (nSPS) is 12.0. The second kappa shape index (κ2) is 4.88. The van der Waals surface area contributed by atoms with Crippen LogP contribution in [0.3, 0.4) is 0 Å². The van der Waals surface area contributed by atoms with E-state index in [0.29, 0.717) is 6.42 Å². The van der Waals surface area contributed by atoms with Gasteiger partial charge in [-0.3, -0.25) is 0 Å². The van der Waals surface area contributed by atoms with Crippen molar-refractivity contribution in [3.05, 3.63) is 54.0 Å². The monoisotopic (exact) mass is 281 g/mol. The Morgan fingerprint density at radius 1 is 1.14 bits per heavy atom. The standard InChI is InChI=1S/C17H19N3O/c1-17(2,3)20-15(11-12-6-4-7-13(21)10-12)19-14-8-5-9-18-16(14)20/h4-10,21H,11H2,1-3H3. The molecule has 4 heteroatoms. The van der Waals surface area contributed by atoms with Gasteiger partial charge in [-0.05, 0) is 50.6 Å². The molecule has 1 N–H and O–H groups in total. The highest BCUT2D eigenvalue weighted by molar-refractivity contribution is 5.71. The second-order valence-electron chi connectivity index (χ2n) is 6.23. The molecule has 0 aliphatic heterocycles. The number of phenolic OH excluding ortho intramolecular Hbond substituents is 1. The zero-order valence-corrected chi connectivity index (χ0v) is 12.5. The molecule has 0 saturated carbocycles. The van der Waals surface area contributed by atoms with E-state index in [1.54, 1.807) is 18.3 Å². The van der Waals surface area contributed by atoms with Crippen molar-refractivity contribution in [2.24, 2.45) is 0 Å². The number of benzene rings is 1. The summed E-state index contributed by atoms with van der Waals surface area (Å²) in [6, 6.07) is 11.2. The number of rotatable bonds is 2. The quantitative estimate of drug-likeness (QED) is 0.782. The maximum absolute atomic E-state index is 9.62. The highest BCUT2D eigenvalue weighted by atomic mass is 16.3. The largest absolute Gasteiger partial charge is 0.508 e. The third kappa shape index (κ3) is 2.61. The molecule has 3 rings (SSSR count). The highest BCUT2D eigenvalue weighted by Crippen LogP contribution is 2.25. The molecule has 108 valence electrons. The number of hydrogen-bond donors (Lipinski definition) is 1. The molecule has 0 radical (unpaired) electrons. The average molecular weight is 281 g/mol. The third-order valence-corrected chi connectivity index (χ3v) is 3.43. The van der Waals surface area contributed by atoms with Crippen LogP contribution >= 0.6 is 0 Å². The van der Waals surface area contributed by atoms with Crippen molar-refractivity contribution in [1.29, 1.82) is 0 Å². The van der Waals surface area contributed by atoms with Gasteiger partial charge in [-0.2, -0.15) is 0 Å². The Hall–Kier alpha value is -2.36. The molecule has 0 saturated heterocycles. The van der Waals surface area contributed by atoms with Crippen LogP contribution in [-0.2, 0) is 12.0 Å². The second-order valence-corrected chi connectivity index (χ2v) is 6.23. The molecule has 1 aromatic carbocycles. The van der Waals surface area contributed by atoms with Gasteiger partial charge in [-0.25, -0.2) is 9.97 Å². The van der Waals surface area contributed by atoms with Gasteiger partial charge in [0.25, 0.3) is 0 Å². The van der Waals surface area contributed by atoms with Crippen molar-refractivity contribution >= 4 is 11.2 Å². The van der Waals surface area contributed by atoms with Crippen LogP contribution in [0.25, 0.3) is 11.2 Å². The van der Waals surface area contributed by atoms with Crippen LogP contribution in [0.2, 0.25) is 0 Å². The minimum atomic E-state index is -0.102. The first-order valence-corrected chi connectivity index (χ1v) is 7.06. The number of nitrogens with zero attached hydrogens (tertiary/aromatic N) is 3. The summed E-state index contributed by atoms with van der Waals surface area (Å²) < 4.78 is 2.17. The topological polar surface area (TPSA) is 50.9 Å². The molecule has 0 aliphatic rings. The summed E-state index contributed by atoms with van der Waals surface area (Å²) in [5.74, 6) is 1.24. The number of pyridine rings is 1. The van der Waals surface area contributed by atoms with E-state index in [1.807, 2.05) is 24.3 Å². The third-order valence-electron chi connectivity index (χ3n) is 3.43. The Labute approximate surface area is 124 Å². The van der Waals surface area contributed by atoms with Crippen LogP contribution in [0, 0.1) is 0 Å². The zero-order valence-electron chi connectivity index (χ0n) is 12.5. The van der Waals surface area contributed by atoms with Gasteiger partial charge in [-0.1, -0.05) is 12.1 Å². The first-order valence-electron chi connectivity index (χ1n) is 7.06. The summed E-state index contributed by atoms with van der Waals surface area (Å²) in [6.07, 6.45) is 2.46. The first-order chi connectivity index (χ1) is 9.95. The Morgan fingerprint density at radius 2 is 1.95 bits per heavy atom. The number of hydrogen-bond acceptors (Lipinski definition) is 3. The van der Waals surface area contributed by atoms with Gasteiger partial charge in [0.2, 0.25) is 0 Å². The van der Waals surface area contributed by atoms with E-state index in [2.05, 4.69) is 30.3 Å².